The molecular formula is C16H20O2. The third-order valence-electron chi connectivity index (χ3n) is 4.06. The Labute approximate surface area is 108 Å². The molecular weight excluding hydrogens is 224 g/mol. The van der Waals surface area contributed by atoms with Gasteiger partial charge in [-0.3, -0.25) is 0 Å². The summed E-state index contributed by atoms with van der Waals surface area (Å²) in [6.07, 6.45) is 7.49. The Bertz CT molecular complexity index is 450. The van der Waals surface area contributed by atoms with Gasteiger partial charge in [0, 0.05) is 5.92 Å². The van der Waals surface area contributed by atoms with Crippen molar-refractivity contribution < 1.29 is 9.84 Å². The van der Waals surface area contributed by atoms with Gasteiger partial charge in [-0.05, 0) is 49.3 Å². The monoisotopic (exact) mass is 244 g/mol. The molecule has 0 saturated carbocycles. The molecule has 1 aliphatic heterocycles. The molecule has 0 bridgehead atoms. The molecule has 0 radical (unpaired) electrons. The zero-order valence-corrected chi connectivity index (χ0v) is 10.6. The lowest BCUT2D eigenvalue weighted by Gasteiger charge is -2.31. The number of allylic oxidation sites excluding steroid dienone is 1. The lowest BCUT2D eigenvalue weighted by molar-refractivity contribution is 0.0863. The van der Waals surface area contributed by atoms with E-state index >= 15 is 0 Å². The molecule has 1 aliphatic carbocycles. The SMILES string of the molecule is OC(C1=CCCCC1)C1COc2ccccc2C1. The van der Waals surface area contributed by atoms with E-state index in [1.54, 1.807) is 0 Å². The number of hydrogen-bond acceptors (Lipinski definition) is 2. The molecule has 1 N–H and O–H groups in total. The van der Waals surface area contributed by atoms with E-state index in [0.29, 0.717) is 6.61 Å². The van der Waals surface area contributed by atoms with Gasteiger partial charge < -0.3 is 9.84 Å². The number of aliphatic hydroxyl groups is 1. The van der Waals surface area contributed by atoms with E-state index in [0.717, 1.165) is 25.0 Å². The van der Waals surface area contributed by atoms with Crippen molar-refractivity contribution in [3.63, 3.8) is 0 Å². The number of fused-ring (bicyclic) bond motifs is 1. The van der Waals surface area contributed by atoms with Crippen LogP contribution < -0.4 is 4.74 Å². The lowest BCUT2D eigenvalue weighted by atomic mass is 9.84. The molecule has 96 valence electrons. The van der Waals surface area contributed by atoms with E-state index < -0.39 is 0 Å². The summed E-state index contributed by atoms with van der Waals surface area (Å²) in [5.74, 6) is 1.20. The van der Waals surface area contributed by atoms with Gasteiger partial charge in [0.1, 0.15) is 5.75 Å². The van der Waals surface area contributed by atoms with Gasteiger partial charge in [-0.2, -0.15) is 0 Å². The standard InChI is InChI=1S/C16H20O2/c17-16(12-6-2-1-3-7-12)14-10-13-8-4-5-9-15(13)18-11-14/h4-6,8-9,14,16-17H,1-3,7,10-11H2. The van der Waals surface area contributed by atoms with Crippen molar-refractivity contribution >= 4 is 0 Å². The molecule has 2 atom stereocenters. The molecule has 2 aliphatic rings. The van der Waals surface area contributed by atoms with E-state index in [-0.39, 0.29) is 12.0 Å². The summed E-state index contributed by atoms with van der Waals surface area (Å²) in [7, 11) is 0. The lowest BCUT2D eigenvalue weighted by Crippen LogP contribution is -2.33. The fraction of sp³-hybridized carbons (Fsp3) is 0.500. The zero-order chi connectivity index (χ0) is 12.4. The Kier molecular flexibility index (Phi) is 3.37. The van der Waals surface area contributed by atoms with Gasteiger partial charge in [0.05, 0.1) is 12.7 Å². The van der Waals surface area contributed by atoms with Crippen LogP contribution >= 0.6 is 0 Å². The van der Waals surface area contributed by atoms with Gasteiger partial charge >= 0.3 is 0 Å². The maximum Gasteiger partial charge on any atom is 0.122 e. The van der Waals surface area contributed by atoms with Gasteiger partial charge in [0.15, 0.2) is 0 Å². The Balaban J connectivity index is 1.73. The number of ether oxygens (including phenoxy) is 1. The van der Waals surface area contributed by atoms with Crippen molar-refractivity contribution in [2.45, 2.75) is 38.2 Å². The summed E-state index contributed by atoms with van der Waals surface area (Å²) in [4.78, 5) is 0. The van der Waals surface area contributed by atoms with Crippen LogP contribution in [0.3, 0.4) is 0 Å². The molecule has 2 unspecified atom stereocenters. The van der Waals surface area contributed by atoms with E-state index in [9.17, 15) is 5.11 Å². The Morgan fingerprint density at radius 3 is 2.94 bits per heavy atom. The molecule has 0 saturated heterocycles. The van der Waals surface area contributed by atoms with Crippen molar-refractivity contribution in [1.82, 2.24) is 0 Å². The topological polar surface area (TPSA) is 29.5 Å². The van der Waals surface area contributed by atoms with Gasteiger partial charge in [0.2, 0.25) is 0 Å². The van der Waals surface area contributed by atoms with Crippen LogP contribution in [0, 0.1) is 5.92 Å². The fourth-order valence-corrected chi connectivity index (χ4v) is 2.99. The highest BCUT2D eigenvalue weighted by atomic mass is 16.5. The first-order chi connectivity index (χ1) is 8.84. The average molecular weight is 244 g/mol. The van der Waals surface area contributed by atoms with Crippen LogP contribution in [0.1, 0.15) is 31.2 Å². The highest BCUT2D eigenvalue weighted by Crippen LogP contribution is 2.32. The summed E-state index contributed by atoms with van der Waals surface area (Å²) in [6.45, 7) is 0.634. The maximum atomic E-state index is 10.5. The van der Waals surface area contributed by atoms with E-state index in [1.165, 1.54) is 24.0 Å². The first kappa shape index (κ1) is 11.8. The second-order valence-corrected chi connectivity index (χ2v) is 5.35. The van der Waals surface area contributed by atoms with Crippen LogP contribution in [0.15, 0.2) is 35.9 Å². The molecule has 1 heterocycles. The number of para-hydroxylation sites is 1. The van der Waals surface area contributed by atoms with E-state index in [4.69, 9.17) is 4.74 Å². The molecule has 0 fully saturated rings. The van der Waals surface area contributed by atoms with Crippen LogP contribution in [0.4, 0.5) is 0 Å². The van der Waals surface area contributed by atoms with Crippen molar-refractivity contribution in [2.75, 3.05) is 6.61 Å². The predicted octanol–water partition coefficient (Wildman–Crippen LogP) is 3.10. The minimum Gasteiger partial charge on any atom is -0.493 e. The third kappa shape index (κ3) is 2.30. The average Bonchev–Trinajstić information content (AvgIpc) is 2.47. The zero-order valence-electron chi connectivity index (χ0n) is 10.6. The summed E-state index contributed by atoms with van der Waals surface area (Å²) in [5.41, 5.74) is 2.46. The normalized spacial score (nSPS) is 24.7. The third-order valence-corrected chi connectivity index (χ3v) is 4.06. The Morgan fingerprint density at radius 2 is 2.11 bits per heavy atom. The van der Waals surface area contributed by atoms with E-state index in [1.807, 2.05) is 18.2 Å². The molecule has 0 amide bonds. The minimum atomic E-state index is -0.321. The molecule has 0 spiro atoms. The largest absolute Gasteiger partial charge is 0.493 e. The van der Waals surface area contributed by atoms with Crippen LogP contribution in [-0.2, 0) is 6.42 Å². The Morgan fingerprint density at radius 1 is 1.22 bits per heavy atom. The number of aliphatic hydroxyl groups excluding tert-OH is 1. The summed E-state index contributed by atoms with van der Waals surface area (Å²) < 4.78 is 5.76. The van der Waals surface area contributed by atoms with Crippen molar-refractivity contribution in [3.05, 3.63) is 41.5 Å². The Hall–Kier alpha value is -1.28. The second-order valence-electron chi connectivity index (χ2n) is 5.35. The van der Waals surface area contributed by atoms with Crippen molar-refractivity contribution in [2.24, 2.45) is 5.92 Å². The summed E-state index contributed by atoms with van der Waals surface area (Å²) >= 11 is 0. The molecule has 0 aromatic heterocycles. The highest BCUT2D eigenvalue weighted by Gasteiger charge is 2.28. The second kappa shape index (κ2) is 5.15. The fourth-order valence-electron chi connectivity index (χ4n) is 2.99. The summed E-state index contributed by atoms with van der Waals surface area (Å²) in [5, 5.41) is 10.5. The quantitative estimate of drug-likeness (QED) is 0.810. The first-order valence-corrected chi connectivity index (χ1v) is 6.92. The highest BCUT2D eigenvalue weighted by molar-refractivity contribution is 5.35. The van der Waals surface area contributed by atoms with Gasteiger partial charge in [-0.15, -0.1) is 0 Å². The smallest absolute Gasteiger partial charge is 0.122 e. The summed E-state index contributed by atoms with van der Waals surface area (Å²) in [6, 6.07) is 8.15. The number of hydrogen-bond donors (Lipinski definition) is 1. The molecule has 1 aromatic carbocycles. The molecule has 18 heavy (non-hydrogen) atoms. The van der Waals surface area contributed by atoms with Crippen LogP contribution in [0.2, 0.25) is 0 Å². The van der Waals surface area contributed by atoms with Crippen molar-refractivity contribution in [3.8, 4) is 5.75 Å². The molecule has 2 heteroatoms. The van der Waals surface area contributed by atoms with Gasteiger partial charge in [-0.1, -0.05) is 24.3 Å². The molecule has 1 aromatic rings. The van der Waals surface area contributed by atoms with Gasteiger partial charge in [-0.25, -0.2) is 0 Å². The molecule has 3 rings (SSSR count). The minimum absolute atomic E-state index is 0.212. The molecule has 2 nitrogen and oxygen atoms in total. The predicted molar refractivity (Wildman–Crippen MR) is 71.7 cm³/mol. The maximum absolute atomic E-state index is 10.5. The number of rotatable bonds is 2. The van der Waals surface area contributed by atoms with Gasteiger partial charge in [0.25, 0.3) is 0 Å². The van der Waals surface area contributed by atoms with Crippen molar-refractivity contribution in [1.29, 1.82) is 0 Å². The van der Waals surface area contributed by atoms with E-state index in [2.05, 4.69) is 12.1 Å². The number of benzene rings is 1. The van der Waals surface area contributed by atoms with Crippen LogP contribution in [0.25, 0.3) is 0 Å². The van der Waals surface area contributed by atoms with Crippen LogP contribution in [-0.4, -0.2) is 17.8 Å². The van der Waals surface area contributed by atoms with Crippen LogP contribution in [0.5, 0.6) is 5.75 Å². The first-order valence-electron chi connectivity index (χ1n) is 6.92.